The number of halogens is 1. The summed E-state index contributed by atoms with van der Waals surface area (Å²) in [5.74, 6) is 0.690. The number of nitrogens with one attached hydrogen (secondary N) is 1. The summed E-state index contributed by atoms with van der Waals surface area (Å²) in [5, 5.41) is 2.68. The Morgan fingerprint density at radius 3 is 2.42 bits per heavy atom. The van der Waals surface area contributed by atoms with Crippen molar-refractivity contribution >= 4 is 27.7 Å². The molecule has 0 unspecified atom stereocenters. The SMILES string of the molecule is CC(C)Oc1cc(Br)cc(NC(=O)OC(C)(C)C)c1. The molecule has 0 aromatic heterocycles. The van der Waals surface area contributed by atoms with Crippen LogP contribution >= 0.6 is 15.9 Å². The summed E-state index contributed by atoms with van der Waals surface area (Å²) in [6.45, 7) is 9.35. The van der Waals surface area contributed by atoms with E-state index in [0.29, 0.717) is 11.4 Å². The molecular weight excluding hydrogens is 310 g/mol. The maximum atomic E-state index is 11.7. The van der Waals surface area contributed by atoms with Gasteiger partial charge in [0.05, 0.1) is 6.10 Å². The van der Waals surface area contributed by atoms with Gasteiger partial charge in [-0.3, -0.25) is 5.32 Å². The topological polar surface area (TPSA) is 47.6 Å². The van der Waals surface area contributed by atoms with E-state index in [2.05, 4.69) is 21.2 Å². The van der Waals surface area contributed by atoms with Crippen LogP contribution in [-0.2, 0) is 4.74 Å². The van der Waals surface area contributed by atoms with Gasteiger partial charge < -0.3 is 9.47 Å². The third-order valence-corrected chi connectivity index (χ3v) is 2.35. The van der Waals surface area contributed by atoms with Gasteiger partial charge in [0.15, 0.2) is 0 Å². The first-order valence-corrected chi connectivity index (χ1v) is 6.92. The molecule has 0 aliphatic heterocycles. The number of ether oxygens (including phenoxy) is 2. The molecule has 19 heavy (non-hydrogen) atoms. The van der Waals surface area contributed by atoms with Gasteiger partial charge in [-0.05, 0) is 46.8 Å². The molecule has 0 saturated heterocycles. The first-order valence-electron chi connectivity index (χ1n) is 6.13. The third-order valence-electron chi connectivity index (χ3n) is 1.89. The van der Waals surface area contributed by atoms with E-state index in [1.165, 1.54) is 0 Å². The molecular formula is C14H20BrNO3. The number of hydrogen-bond donors (Lipinski definition) is 1. The molecule has 1 aromatic carbocycles. The lowest BCUT2D eigenvalue weighted by Crippen LogP contribution is -2.27. The van der Waals surface area contributed by atoms with Crippen LogP contribution in [0.25, 0.3) is 0 Å². The van der Waals surface area contributed by atoms with E-state index in [9.17, 15) is 4.79 Å². The second-order valence-corrected chi connectivity index (χ2v) is 6.38. The van der Waals surface area contributed by atoms with Gasteiger partial charge in [-0.1, -0.05) is 15.9 Å². The highest BCUT2D eigenvalue weighted by molar-refractivity contribution is 9.10. The van der Waals surface area contributed by atoms with Gasteiger partial charge >= 0.3 is 6.09 Å². The van der Waals surface area contributed by atoms with Crippen molar-refractivity contribution in [3.05, 3.63) is 22.7 Å². The fourth-order valence-electron chi connectivity index (χ4n) is 1.40. The Morgan fingerprint density at radius 1 is 1.26 bits per heavy atom. The molecule has 0 fully saturated rings. The molecule has 1 aromatic rings. The summed E-state index contributed by atoms with van der Waals surface area (Å²) in [7, 11) is 0. The summed E-state index contributed by atoms with van der Waals surface area (Å²) in [5.41, 5.74) is 0.104. The maximum absolute atomic E-state index is 11.7. The summed E-state index contributed by atoms with van der Waals surface area (Å²) in [6.07, 6.45) is -0.412. The molecule has 5 heteroatoms. The number of carbonyl (C=O) groups excluding carboxylic acids is 1. The summed E-state index contributed by atoms with van der Waals surface area (Å²) in [4.78, 5) is 11.7. The van der Waals surface area contributed by atoms with Crippen LogP contribution in [-0.4, -0.2) is 17.8 Å². The molecule has 0 aliphatic carbocycles. The van der Waals surface area contributed by atoms with E-state index in [0.717, 1.165) is 4.47 Å². The number of hydrogen-bond acceptors (Lipinski definition) is 3. The van der Waals surface area contributed by atoms with Crippen LogP contribution in [0.4, 0.5) is 10.5 Å². The van der Waals surface area contributed by atoms with Gasteiger partial charge in [0.2, 0.25) is 0 Å². The summed E-state index contributed by atoms with van der Waals surface area (Å²) < 4.78 is 11.6. The van der Waals surface area contributed by atoms with Gasteiger partial charge in [-0.25, -0.2) is 4.79 Å². The standard InChI is InChI=1S/C14H20BrNO3/c1-9(2)18-12-7-10(15)6-11(8-12)16-13(17)19-14(3,4)5/h6-9H,1-5H3,(H,16,17). The molecule has 0 saturated carbocycles. The highest BCUT2D eigenvalue weighted by Crippen LogP contribution is 2.26. The van der Waals surface area contributed by atoms with Gasteiger partial charge in [0.25, 0.3) is 0 Å². The molecule has 0 heterocycles. The average Bonchev–Trinajstić information content (AvgIpc) is 2.10. The van der Waals surface area contributed by atoms with Crippen molar-refractivity contribution in [3.63, 3.8) is 0 Å². The maximum Gasteiger partial charge on any atom is 0.412 e. The molecule has 1 amide bonds. The smallest absolute Gasteiger partial charge is 0.412 e. The van der Waals surface area contributed by atoms with Crippen molar-refractivity contribution in [3.8, 4) is 5.75 Å². The second-order valence-electron chi connectivity index (χ2n) is 5.47. The highest BCUT2D eigenvalue weighted by atomic mass is 79.9. The Balaban J connectivity index is 2.78. The van der Waals surface area contributed by atoms with Crippen LogP contribution in [0.15, 0.2) is 22.7 Å². The van der Waals surface area contributed by atoms with Crippen LogP contribution in [0.2, 0.25) is 0 Å². The third kappa shape index (κ3) is 6.47. The fourth-order valence-corrected chi connectivity index (χ4v) is 1.87. The van der Waals surface area contributed by atoms with Crippen molar-refractivity contribution in [2.45, 2.75) is 46.3 Å². The van der Waals surface area contributed by atoms with E-state index < -0.39 is 11.7 Å². The molecule has 1 N–H and O–H groups in total. The Kier molecular flexibility index (Phi) is 5.23. The highest BCUT2D eigenvalue weighted by Gasteiger charge is 2.16. The predicted molar refractivity (Wildman–Crippen MR) is 79.8 cm³/mol. The zero-order valence-corrected chi connectivity index (χ0v) is 13.5. The molecule has 106 valence electrons. The van der Waals surface area contributed by atoms with Gasteiger partial charge in [0.1, 0.15) is 11.4 Å². The Hall–Kier alpha value is -1.23. The lowest BCUT2D eigenvalue weighted by atomic mass is 10.2. The van der Waals surface area contributed by atoms with Crippen LogP contribution in [0.3, 0.4) is 0 Å². The minimum Gasteiger partial charge on any atom is -0.491 e. The van der Waals surface area contributed by atoms with Crippen molar-refractivity contribution in [1.82, 2.24) is 0 Å². The van der Waals surface area contributed by atoms with Gasteiger partial charge in [-0.15, -0.1) is 0 Å². The Bertz CT molecular complexity index is 452. The fraction of sp³-hybridized carbons (Fsp3) is 0.500. The zero-order valence-electron chi connectivity index (χ0n) is 11.9. The van der Waals surface area contributed by atoms with Gasteiger partial charge in [-0.2, -0.15) is 0 Å². The first kappa shape index (κ1) is 15.8. The molecule has 0 aliphatic rings. The van der Waals surface area contributed by atoms with E-state index in [1.54, 1.807) is 12.1 Å². The Morgan fingerprint density at radius 2 is 1.89 bits per heavy atom. The normalized spacial score (nSPS) is 11.3. The second kappa shape index (κ2) is 6.28. The average molecular weight is 330 g/mol. The van der Waals surface area contributed by atoms with E-state index >= 15 is 0 Å². The molecule has 1 rings (SSSR count). The van der Waals surface area contributed by atoms with Gasteiger partial charge in [0, 0.05) is 16.2 Å². The van der Waals surface area contributed by atoms with Crippen molar-refractivity contribution < 1.29 is 14.3 Å². The van der Waals surface area contributed by atoms with Crippen molar-refractivity contribution in [2.75, 3.05) is 5.32 Å². The minimum atomic E-state index is -0.520. The zero-order chi connectivity index (χ0) is 14.6. The van der Waals surface area contributed by atoms with E-state index in [1.807, 2.05) is 40.7 Å². The van der Waals surface area contributed by atoms with Crippen LogP contribution in [0.1, 0.15) is 34.6 Å². The number of anilines is 1. The quantitative estimate of drug-likeness (QED) is 0.882. The number of amides is 1. The minimum absolute atomic E-state index is 0.0728. The summed E-state index contributed by atoms with van der Waals surface area (Å²) >= 11 is 3.38. The molecule has 0 radical (unpaired) electrons. The monoisotopic (exact) mass is 329 g/mol. The van der Waals surface area contributed by atoms with Crippen molar-refractivity contribution in [1.29, 1.82) is 0 Å². The van der Waals surface area contributed by atoms with Crippen LogP contribution < -0.4 is 10.1 Å². The molecule has 0 atom stereocenters. The predicted octanol–water partition coefficient (Wildman–Crippen LogP) is 4.58. The van der Waals surface area contributed by atoms with E-state index in [4.69, 9.17) is 9.47 Å². The Labute approximate surface area is 122 Å². The number of rotatable bonds is 3. The summed E-state index contributed by atoms with van der Waals surface area (Å²) in [6, 6.07) is 5.39. The number of carbonyl (C=O) groups is 1. The van der Waals surface area contributed by atoms with Crippen LogP contribution in [0, 0.1) is 0 Å². The van der Waals surface area contributed by atoms with E-state index in [-0.39, 0.29) is 6.10 Å². The first-order chi connectivity index (χ1) is 8.65. The molecule has 0 bridgehead atoms. The lowest BCUT2D eigenvalue weighted by molar-refractivity contribution is 0.0636. The largest absolute Gasteiger partial charge is 0.491 e. The molecule has 0 spiro atoms. The van der Waals surface area contributed by atoms with Crippen molar-refractivity contribution in [2.24, 2.45) is 0 Å². The van der Waals surface area contributed by atoms with Crippen LogP contribution in [0.5, 0.6) is 5.75 Å². The number of benzene rings is 1. The lowest BCUT2D eigenvalue weighted by Gasteiger charge is -2.20. The molecule has 4 nitrogen and oxygen atoms in total.